The summed E-state index contributed by atoms with van der Waals surface area (Å²) in [5.74, 6) is -0.179. The van der Waals surface area contributed by atoms with Crippen LogP contribution in [0.4, 0.5) is 0 Å². The third-order valence-corrected chi connectivity index (χ3v) is 1.97. The maximum absolute atomic E-state index is 11.0. The van der Waals surface area contributed by atoms with Crippen molar-refractivity contribution in [2.24, 2.45) is 0 Å². The molecule has 0 aromatic heterocycles. The maximum atomic E-state index is 11.0. The first-order valence-electron chi connectivity index (χ1n) is 3.80. The summed E-state index contributed by atoms with van der Waals surface area (Å²) in [6.45, 7) is 5.92. The molecule has 0 aromatic rings. The Balaban J connectivity index is 4.01. The van der Waals surface area contributed by atoms with Crippen molar-refractivity contribution in [2.75, 3.05) is 14.2 Å². The van der Waals surface area contributed by atoms with Crippen molar-refractivity contribution in [3.63, 3.8) is 0 Å². The van der Waals surface area contributed by atoms with Gasteiger partial charge in [-0.15, -0.1) is 0 Å². The first-order valence-corrected chi connectivity index (χ1v) is 3.80. The normalized spacial score (nSPS) is 13.7. The van der Waals surface area contributed by atoms with Gasteiger partial charge in [-0.05, 0) is 27.8 Å². The summed E-state index contributed by atoms with van der Waals surface area (Å²) >= 11 is 0. The highest BCUT2D eigenvalue weighted by Crippen LogP contribution is 2.02. The van der Waals surface area contributed by atoms with Crippen molar-refractivity contribution in [3.8, 4) is 0 Å². The summed E-state index contributed by atoms with van der Waals surface area (Å²) in [6, 6.07) is 0.212. The van der Waals surface area contributed by atoms with Crippen LogP contribution in [0.1, 0.15) is 20.8 Å². The second-order valence-electron chi connectivity index (χ2n) is 2.96. The Bertz CT molecular complexity index is 134. The van der Waals surface area contributed by atoms with E-state index < -0.39 is 0 Å². The molecule has 0 saturated carbocycles. The zero-order valence-electron chi connectivity index (χ0n) is 7.92. The van der Waals surface area contributed by atoms with Gasteiger partial charge in [0.05, 0.1) is 7.11 Å². The molecule has 1 unspecified atom stereocenters. The molecule has 3 nitrogen and oxygen atoms in total. The Morgan fingerprint density at radius 2 is 1.82 bits per heavy atom. The van der Waals surface area contributed by atoms with E-state index in [0.717, 1.165) is 0 Å². The zero-order valence-corrected chi connectivity index (χ0v) is 7.92. The van der Waals surface area contributed by atoms with Gasteiger partial charge in [-0.3, -0.25) is 9.69 Å². The summed E-state index contributed by atoms with van der Waals surface area (Å²) in [6.07, 6.45) is 0. The molecule has 0 heterocycles. The molecular formula is C8H17NO2. The van der Waals surface area contributed by atoms with E-state index in [1.165, 1.54) is 7.11 Å². The van der Waals surface area contributed by atoms with E-state index in [1.807, 2.05) is 32.7 Å². The van der Waals surface area contributed by atoms with E-state index in [4.69, 9.17) is 0 Å². The van der Waals surface area contributed by atoms with Gasteiger partial charge in [-0.1, -0.05) is 0 Å². The fraction of sp³-hybridized carbons (Fsp3) is 0.875. The fourth-order valence-corrected chi connectivity index (χ4v) is 0.784. The van der Waals surface area contributed by atoms with Gasteiger partial charge < -0.3 is 4.74 Å². The number of likely N-dealkylation sites (N-methyl/N-ethyl adjacent to an activating group) is 1. The molecule has 0 saturated heterocycles. The number of nitrogens with zero attached hydrogens (tertiary/aromatic N) is 1. The lowest BCUT2D eigenvalue weighted by Crippen LogP contribution is -2.40. The Morgan fingerprint density at radius 3 is 2.09 bits per heavy atom. The Kier molecular flexibility index (Phi) is 4.11. The molecule has 0 bridgehead atoms. The van der Waals surface area contributed by atoms with Crippen LogP contribution in [-0.4, -0.2) is 37.1 Å². The highest BCUT2D eigenvalue weighted by atomic mass is 16.5. The van der Waals surface area contributed by atoms with Gasteiger partial charge in [0.25, 0.3) is 0 Å². The van der Waals surface area contributed by atoms with Gasteiger partial charge in [0.15, 0.2) is 0 Å². The highest BCUT2D eigenvalue weighted by Gasteiger charge is 2.19. The van der Waals surface area contributed by atoms with Crippen molar-refractivity contribution >= 4 is 5.97 Å². The van der Waals surface area contributed by atoms with Crippen molar-refractivity contribution in [1.29, 1.82) is 0 Å². The monoisotopic (exact) mass is 159 g/mol. The maximum Gasteiger partial charge on any atom is 0.322 e. The second kappa shape index (κ2) is 4.34. The summed E-state index contributed by atoms with van der Waals surface area (Å²) in [7, 11) is 3.32. The van der Waals surface area contributed by atoms with Crippen LogP contribution in [0.5, 0.6) is 0 Å². The minimum absolute atomic E-state index is 0.153. The molecule has 1 atom stereocenters. The third-order valence-electron chi connectivity index (χ3n) is 1.97. The molecule has 0 rings (SSSR count). The molecule has 0 aliphatic rings. The standard InChI is InChI=1S/C8H17NO2/c1-6(2)9(4)7(3)8(10)11-5/h6-7H,1-5H3. The summed E-state index contributed by atoms with van der Waals surface area (Å²) < 4.78 is 4.60. The van der Waals surface area contributed by atoms with Crippen LogP contribution in [-0.2, 0) is 9.53 Å². The van der Waals surface area contributed by atoms with Gasteiger partial charge in [-0.25, -0.2) is 0 Å². The van der Waals surface area contributed by atoms with Crippen molar-refractivity contribution in [2.45, 2.75) is 32.9 Å². The van der Waals surface area contributed by atoms with Gasteiger partial charge in [0, 0.05) is 6.04 Å². The van der Waals surface area contributed by atoms with Crippen molar-refractivity contribution in [3.05, 3.63) is 0 Å². The zero-order chi connectivity index (χ0) is 9.02. The minimum atomic E-state index is -0.179. The number of rotatable bonds is 3. The second-order valence-corrected chi connectivity index (χ2v) is 2.96. The molecule has 0 fully saturated rings. The Hall–Kier alpha value is -0.570. The molecule has 0 aliphatic heterocycles. The molecular weight excluding hydrogens is 142 g/mol. The third kappa shape index (κ3) is 2.89. The van der Waals surface area contributed by atoms with Crippen LogP contribution in [0.2, 0.25) is 0 Å². The van der Waals surface area contributed by atoms with Gasteiger partial charge in [0.2, 0.25) is 0 Å². The Labute approximate surface area is 68.3 Å². The van der Waals surface area contributed by atoms with Crippen LogP contribution in [0.3, 0.4) is 0 Å². The molecule has 0 radical (unpaired) electrons. The SMILES string of the molecule is COC(=O)C(C)N(C)C(C)C. The number of ether oxygens (including phenoxy) is 1. The summed E-state index contributed by atoms with van der Waals surface area (Å²) in [5.41, 5.74) is 0. The average molecular weight is 159 g/mol. The highest BCUT2D eigenvalue weighted by molar-refractivity contribution is 5.75. The molecule has 0 spiro atoms. The topological polar surface area (TPSA) is 29.5 Å². The van der Waals surface area contributed by atoms with Crippen molar-refractivity contribution < 1.29 is 9.53 Å². The number of hydrogen-bond acceptors (Lipinski definition) is 3. The van der Waals surface area contributed by atoms with E-state index in [9.17, 15) is 4.79 Å². The lowest BCUT2D eigenvalue weighted by molar-refractivity contribution is -0.146. The average Bonchev–Trinajstić information content (AvgIpc) is 2.00. The van der Waals surface area contributed by atoms with Crippen LogP contribution < -0.4 is 0 Å². The number of carbonyl (C=O) groups is 1. The van der Waals surface area contributed by atoms with Crippen LogP contribution in [0.15, 0.2) is 0 Å². The number of hydrogen-bond donors (Lipinski definition) is 0. The van der Waals surface area contributed by atoms with Gasteiger partial charge in [-0.2, -0.15) is 0 Å². The smallest absolute Gasteiger partial charge is 0.322 e. The predicted octanol–water partition coefficient (Wildman–Crippen LogP) is 0.888. The van der Waals surface area contributed by atoms with Crippen molar-refractivity contribution in [1.82, 2.24) is 4.90 Å². The predicted molar refractivity (Wildman–Crippen MR) is 44.4 cm³/mol. The first kappa shape index (κ1) is 10.4. The number of esters is 1. The molecule has 66 valence electrons. The molecule has 0 amide bonds. The van der Waals surface area contributed by atoms with Crippen LogP contribution in [0.25, 0.3) is 0 Å². The van der Waals surface area contributed by atoms with E-state index in [0.29, 0.717) is 6.04 Å². The summed E-state index contributed by atoms with van der Waals surface area (Å²) in [4.78, 5) is 13.0. The van der Waals surface area contributed by atoms with E-state index >= 15 is 0 Å². The first-order chi connectivity index (χ1) is 5.00. The lowest BCUT2D eigenvalue weighted by Gasteiger charge is -2.25. The number of carbonyl (C=O) groups excluding carboxylic acids is 1. The van der Waals surface area contributed by atoms with E-state index in [1.54, 1.807) is 0 Å². The van der Waals surface area contributed by atoms with Gasteiger partial charge in [0.1, 0.15) is 6.04 Å². The molecule has 3 heteroatoms. The van der Waals surface area contributed by atoms with E-state index in [-0.39, 0.29) is 12.0 Å². The quantitative estimate of drug-likeness (QED) is 0.573. The molecule has 0 N–H and O–H groups in total. The number of methoxy groups -OCH3 is 1. The molecule has 11 heavy (non-hydrogen) atoms. The largest absolute Gasteiger partial charge is 0.468 e. The summed E-state index contributed by atoms with van der Waals surface area (Å²) in [5, 5.41) is 0. The van der Waals surface area contributed by atoms with Crippen LogP contribution >= 0.6 is 0 Å². The van der Waals surface area contributed by atoms with E-state index in [2.05, 4.69) is 4.74 Å². The Morgan fingerprint density at radius 1 is 1.36 bits per heavy atom. The molecule has 0 aromatic carbocycles. The fourth-order valence-electron chi connectivity index (χ4n) is 0.784. The lowest BCUT2D eigenvalue weighted by atomic mass is 10.2. The minimum Gasteiger partial charge on any atom is -0.468 e. The van der Waals surface area contributed by atoms with Gasteiger partial charge >= 0.3 is 5.97 Å². The van der Waals surface area contributed by atoms with Crippen LogP contribution in [0, 0.1) is 0 Å². The molecule has 0 aliphatic carbocycles.